The van der Waals surface area contributed by atoms with Crippen molar-refractivity contribution in [2.45, 2.75) is 26.7 Å². The summed E-state index contributed by atoms with van der Waals surface area (Å²) in [5.41, 5.74) is 0.490. The van der Waals surface area contributed by atoms with Crippen molar-refractivity contribution in [1.82, 2.24) is 4.98 Å². The highest BCUT2D eigenvalue weighted by molar-refractivity contribution is 7.13. The highest BCUT2D eigenvalue weighted by Gasteiger charge is 2.22. The third-order valence-electron chi connectivity index (χ3n) is 1.73. The van der Waals surface area contributed by atoms with Gasteiger partial charge in [-0.3, -0.25) is 9.59 Å². The maximum Gasteiger partial charge on any atom is 0.296 e. The number of carbonyl (C=O) groups excluding carboxylic acids is 2. The number of thiazole rings is 1. The zero-order valence-corrected chi connectivity index (χ0v) is 9.03. The van der Waals surface area contributed by atoms with E-state index < -0.39 is 24.4 Å². The molecule has 1 aromatic heterocycles. The van der Waals surface area contributed by atoms with Crippen LogP contribution < -0.4 is 0 Å². The number of ketones is 2. The average molecular weight is 233 g/mol. The molecule has 15 heavy (non-hydrogen) atoms. The molecule has 0 spiro atoms. The number of Topliss-reactive ketones (excluding diaryl/α,β-unsaturated/α-hetero) is 2. The highest BCUT2D eigenvalue weighted by atomic mass is 32.1. The van der Waals surface area contributed by atoms with Crippen molar-refractivity contribution in [3.8, 4) is 0 Å². The lowest BCUT2D eigenvalue weighted by Gasteiger charge is -1.97. The van der Waals surface area contributed by atoms with Gasteiger partial charge in [0.15, 0.2) is 5.78 Å². The summed E-state index contributed by atoms with van der Waals surface area (Å²) in [5.74, 6) is -1.92. The van der Waals surface area contributed by atoms with Gasteiger partial charge in [-0.25, -0.2) is 13.8 Å². The summed E-state index contributed by atoms with van der Waals surface area (Å²) in [7, 11) is 0. The predicted octanol–water partition coefficient (Wildman–Crippen LogP) is 2.17. The highest BCUT2D eigenvalue weighted by Crippen LogP contribution is 2.19. The first-order valence-corrected chi connectivity index (χ1v) is 5.01. The Morgan fingerprint density at radius 1 is 1.40 bits per heavy atom. The topological polar surface area (TPSA) is 47.0 Å². The minimum Gasteiger partial charge on any atom is -0.293 e. The van der Waals surface area contributed by atoms with E-state index in [9.17, 15) is 18.4 Å². The van der Waals surface area contributed by atoms with Crippen LogP contribution in [-0.4, -0.2) is 23.0 Å². The van der Waals surface area contributed by atoms with Crippen molar-refractivity contribution in [3.05, 3.63) is 15.6 Å². The largest absolute Gasteiger partial charge is 0.296 e. The fourth-order valence-corrected chi connectivity index (χ4v) is 1.96. The zero-order valence-electron chi connectivity index (χ0n) is 8.21. The van der Waals surface area contributed by atoms with Crippen LogP contribution in [0.5, 0.6) is 0 Å². The lowest BCUT2D eigenvalue weighted by atomic mass is 10.1. The maximum absolute atomic E-state index is 11.9. The molecule has 0 aliphatic heterocycles. The minimum atomic E-state index is -3.08. The van der Waals surface area contributed by atoms with E-state index in [0.29, 0.717) is 15.6 Å². The SMILES string of the molecule is Cc1nc(C)c(C(=O)CC(=O)C(F)F)s1. The van der Waals surface area contributed by atoms with Crippen molar-refractivity contribution in [2.75, 3.05) is 0 Å². The van der Waals surface area contributed by atoms with E-state index in [4.69, 9.17) is 0 Å². The van der Waals surface area contributed by atoms with Crippen LogP contribution in [0.3, 0.4) is 0 Å². The second-order valence-electron chi connectivity index (χ2n) is 3.01. The van der Waals surface area contributed by atoms with E-state index in [-0.39, 0.29) is 0 Å². The molecule has 0 amide bonds. The molecule has 0 radical (unpaired) electrons. The van der Waals surface area contributed by atoms with Crippen molar-refractivity contribution in [3.63, 3.8) is 0 Å². The number of aryl methyl sites for hydroxylation is 2. The molecule has 0 atom stereocenters. The molecule has 1 heterocycles. The third-order valence-corrected chi connectivity index (χ3v) is 2.85. The second-order valence-corrected chi connectivity index (χ2v) is 4.22. The fourth-order valence-electron chi connectivity index (χ4n) is 1.11. The third kappa shape index (κ3) is 2.89. The lowest BCUT2D eigenvalue weighted by Crippen LogP contribution is -2.15. The van der Waals surface area contributed by atoms with E-state index in [1.165, 1.54) is 0 Å². The number of nitrogens with zero attached hydrogens (tertiary/aromatic N) is 1. The summed E-state index contributed by atoms with van der Waals surface area (Å²) >= 11 is 1.12. The quantitative estimate of drug-likeness (QED) is 0.591. The van der Waals surface area contributed by atoms with Crippen LogP contribution in [-0.2, 0) is 4.79 Å². The average Bonchev–Trinajstić information content (AvgIpc) is 2.44. The summed E-state index contributed by atoms with van der Waals surface area (Å²) in [6.45, 7) is 3.33. The molecule has 0 bridgehead atoms. The van der Waals surface area contributed by atoms with Gasteiger partial charge in [-0.15, -0.1) is 11.3 Å². The molecule has 0 saturated carbocycles. The second kappa shape index (κ2) is 4.57. The number of aromatic nitrogens is 1. The van der Waals surface area contributed by atoms with Gasteiger partial charge < -0.3 is 0 Å². The van der Waals surface area contributed by atoms with Gasteiger partial charge in [0.1, 0.15) is 0 Å². The Hall–Kier alpha value is -1.17. The van der Waals surface area contributed by atoms with Crippen LogP contribution >= 0.6 is 11.3 Å². The molecule has 82 valence electrons. The van der Waals surface area contributed by atoms with E-state index in [1.807, 2.05) is 0 Å². The van der Waals surface area contributed by atoms with Gasteiger partial charge in [-0.1, -0.05) is 0 Å². The Bertz CT molecular complexity index is 401. The standard InChI is InChI=1S/C9H9F2NO2S/c1-4-8(15-5(2)12-4)6(13)3-7(14)9(10)11/h9H,3H2,1-2H3. The summed E-state index contributed by atoms with van der Waals surface area (Å²) in [6, 6.07) is 0. The van der Waals surface area contributed by atoms with E-state index >= 15 is 0 Å². The molecule has 1 aromatic rings. The number of halogens is 2. The number of carbonyl (C=O) groups is 2. The Labute approximate surface area is 89.1 Å². The van der Waals surface area contributed by atoms with Crippen molar-refractivity contribution < 1.29 is 18.4 Å². The molecule has 0 N–H and O–H groups in total. The minimum absolute atomic E-state index is 0.293. The van der Waals surface area contributed by atoms with Crippen molar-refractivity contribution in [2.24, 2.45) is 0 Å². The van der Waals surface area contributed by atoms with Crippen LogP contribution in [0.2, 0.25) is 0 Å². The van der Waals surface area contributed by atoms with Crippen molar-refractivity contribution >= 4 is 22.9 Å². The van der Waals surface area contributed by atoms with Gasteiger partial charge in [0.05, 0.1) is 22.0 Å². The van der Waals surface area contributed by atoms with Crippen LogP contribution in [0.4, 0.5) is 8.78 Å². The molecule has 1 rings (SSSR count). The summed E-state index contributed by atoms with van der Waals surface area (Å²) in [4.78, 5) is 26.3. The van der Waals surface area contributed by atoms with Crippen LogP contribution in [0.25, 0.3) is 0 Å². The Balaban J connectivity index is 2.78. The predicted molar refractivity (Wildman–Crippen MR) is 51.5 cm³/mol. The fraction of sp³-hybridized carbons (Fsp3) is 0.444. The monoisotopic (exact) mass is 233 g/mol. The molecule has 0 aliphatic rings. The number of hydrogen-bond donors (Lipinski definition) is 0. The summed E-state index contributed by atoms with van der Waals surface area (Å²) in [6.07, 6.45) is -3.83. The number of alkyl halides is 2. The first-order chi connectivity index (χ1) is 6.91. The first-order valence-electron chi connectivity index (χ1n) is 4.20. The van der Waals surface area contributed by atoms with E-state index in [2.05, 4.69) is 4.98 Å². The van der Waals surface area contributed by atoms with E-state index in [0.717, 1.165) is 11.3 Å². The Morgan fingerprint density at radius 3 is 2.40 bits per heavy atom. The molecule has 6 heteroatoms. The van der Waals surface area contributed by atoms with Crippen molar-refractivity contribution in [1.29, 1.82) is 0 Å². The summed E-state index contributed by atoms with van der Waals surface area (Å²) in [5, 5.41) is 0.681. The molecule has 0 aliphatic carbocycles. The van der Waals surface area contributed by atoms with Gasteiger partial charge in [0, 0.05) is 0 Å². The van der Waals surface area contributed by atoms with Crippen LogP contribution in [0.1, 0.15) is 26.8 Å². The summed E-state index contributed by atoms with van der Waals surface area (Å²) < 4.78 is 23.8. The van der Waals surface area contributed by atoms with Gasteiger partial charge in [-0.2, -0.15) is 0 Å². The Kier molecular flexibility index (Phi) is 3.62. The van der Waals surface area contributed by atoms with Gasteiger partial charge in [0.25, 0.3) is 6.43 Å². The number of hydrogen-bond acceptors (Lipinski definition) is 4. The van der Waals surface area contributed by atoms with Crippen LogP contribution in [0, 0.1) is 13.8 Å². The lowest BCUT2D eigenvalue weighted by molar-refractivity contribution is -0.128. The van der Waals surface area contributed by atoms with Gasteiger partial charge >= 0.3 is 0 Å². The van der Waals surface area contributed by atoms with E-state index in [1.54, 1.807) is 13.8 Å². The Morgan fingerprint density at radius 2 is 2.00 bits per heavy atom. The smallest absolute Gasteiger partial charge is 0.293 e. The molecular weight excluding hydrogens is 224 g/mol. The molecule has 0 saturated heterocycles. The molecule has 0 unspecified atom stereocenters. The van der Waals surface area contributed by atoms with Crippen LogP contribution in [0.15, 0.2) is 0 Å². The number of rotatable bonds is 4. The first kappa shape index (κ1) is 11.9. The molecule has 0 aromatic carbocycles. The van der Waals surface area contributed by atoms with Gasteiger partial charge in [-0.05, 0) is 13.8 Å². The maximum atomic E-state index is 11.9. The molecular formula is C9H9F2NO2S. The molecule has 3 nitrogen and oxygen atoms in total. The normalized spacial score (nSPS) is 10.7. The molecule has 0 fully saturated rings. The van der Waals surface area contributed by atoms with Gasteiger partial charge in [0.2, 0.25) is 5.78 Å². The zero-order chi connectivity index (χ0) is 11.6.